The van der Waals surface area contributed by atoms with E-state index in [1.54, 1.807) is 0 Å². The Balaban J connectivity index is 2.22. The van der Waals surface area contributed by atoms with E-state index in [9.17, 15) is 18.0 Å². The predicted octanol–water partition coefficient (Wildman–Crippen LogP) is 2.39. The number of methoxy groups -OCH3 is 1. The second-order valence-corrected chi connectivity index (χ2v) is 5.58. The summed E-state index contributed by atoms with van der Waals surface area (Å²) in [6.07, 6.45) is 0.885. The molecule has 0 aliphatic carbocycles. The third kappa shape index (κ3) is 4.03. The van der Waals surface area contributed by atoms with Crippen LogP contribution in [0.2, 0.25) is 0 Å². The number of carbonyl (C=O) groups is 1. The van der Waals surface area contributed by atoms with E-state index in [2.05, 4.69) is 5.32 Å². The first kappa shape index (κ1) is 17.7. The molecule has 128 valence electrons. The Morgan fingerprint density at radius 3 is 2.57 bits per heavy atom. The largest absolute Gasteiger partial charge is 0.384 e. The highest BCUT2D eigenvalue weighted by Crippen LogP contribution is 2.33. The lowest BCUT2D eigenvalue weighted by molar-refractivity contribution is -0.122. The monoisotopic (exact) mass is 330 g/mol. The standard InChI is InChI=1S/C16H21F3N2O2/c1-3-21-6-4-13(20-14(22)5-7-23-2)16(21)10-8-11(17)15(19)12(18)9-10/h8-9,13,16H,3-7H2,1-2H3,(H,20,22). The predicted molar refractivity (Wildman–Crippen MR) is 79.3 cm³/mol. The minimum Gasteiger partial charge on any atom is -0.384 e. The molecule has 1 aromatic rings. The molecule has 1 saturated heterocycles. The molecule has 1 amide bonds. The van der Waals surface area contributed by atoms with Crippen LogP contribution < -0.4 is 5.32 Å². The number of nitrogens with zero attached hydrogens (tertiary/aromatic N) is 1. The SMILES string of the molecule is CCN1CCC(NC(=O)CCOC)C1c1cc(F)c(F)c(F)c1. The van der Waals surface area contributed by atoms with E-state index in [0.29, 0.717) is 31.7 Å². The Labute approximate surface area is 133 Å². The first-order chi connectivity index (χ1) is 11.0. The Hall–Kier alpha value is -1.60. The molecule has 23 heavy (non-hydrogen) atoms. The molecular formula is C16H21F3N2O2. The van der Waals surface area contributed by atoms with Crippen molar-refractivity contribution in [1.82, 2.24) is 10.2 Å². The van der Waals surface area contributed by atoms with Gasteiger partial charge in [-0.2, -0.15) is 0 Å². The van der Waals surface area contributed by atoms with Gasteiger partial charge in [0.2, 0.25) is 5.91 Å². The van der Waals surface area contributed by atoms with E-state index < -0.39 is 17.5 Å². The lowest BCUT2D eigenvalue weighted by Gasteiger charge is -2.28. The van der Waals surface area contributed by atoms with E-state index in [4.69, 9.17) is 4.74 Å². The van der Waals surface area contributed by atoms with E-state index in [0.717, 1.165) is 12.1 Å². The van der Waals surface area contributed by atoms with Crippen LogP contribution in [0.4, 0.5) is 13.2 Å². The molecule has 1 N–H and O–H groups in total. The summed E-state index contributed by atoms with van der Waals surface area (Å²) in [5.74, 6) is -4.09. The number of hydrogen-bond donors (Lipinski definition) is 1. The van der Waals surface area contributed by atoms with Gasteiger partial charge in [-0.25, -0.2) is 13.2 Å². The summed E-state index contributed by atoms with van der Waals surface area (Å²) in [6, 6.07) is 1.36. The van der Waals surface area contributed by atoms with E-state index >= 15 is 0 Å². The zero-order valence-corrected chi connectivity index (χ0v) is 13.2. The molecule has 0 saturated carbocycles. The van der Waals surface area contributed by atoms with Crippen molar-refractivity contribution in [3.8, 4) is 0 Å². The lowest BCUT2D eigenvalue weighted by Crippen LogP contribution is -2.40. The number of rotatable bonds is 6. The fourth-order valence-corrected chi connectivity index (χ4v) is 3.02. The van der Waals surface area contributed by atoms with Crippen molar-refractivity contribution in [2.24, 2.45) is 0 Å². The molecular weight excluding hydrogens is 309 g/mol. The van der Waals surface area contributed by atoms with E-state index in [-0.39, 0.29) is 24.4 Å². The van der Waals surface area contributed by atoms with Crippen molar-refractivity contribution in [3.05, 3.63) is 35.1 Å². The van der Waals surface area contributed by atoms with Crippen molar-refractivity contribution in [2.75, 3.05) is 26.8 Å². The Kier molecular flexibility index (Phi) is 6.01. The third-order valence-electron chi connectivity index (χ3n) is 4.14. The number of carbonyl (C=O) groups excluding carboxylic acids is 1. The fraction of sp³-hybridized carbons (Fsp3) is 0.562. The Morgan fingerprint density at radius 1 is 1.35 bits per heavy atom. The van der Waals surface area contributed by atoms with Crippen molar-refractivity contribution >= 4 is 5.91 Å². The fourth-order valence-electron chi connectivity index (χ4n) is 3.02. The maximum atomic E-state index is 13.5. The molecule has 4 nitrogen and oxygen atoms in total. The molecule has 1 aliphatic rings. The van der Waals surface area contributed by atoms with Gasteiger partial charge in [0.1, 0.15) is 0 Å². The number of likely N-dealkylation sites (tertiary alicyclic amines) is 1. The number of nitrogens with one attached hydrogen (secondary N) is 1. The Bertz CT molecular complexity index is 545. The van der Waals surface area contributed by atoms with Crippen LogP contribution in [0.15, 0.2) is 12.1 Å². The van der Waals surface area contributed by atoms with Crippen molar-refractivity contribution in [3.63, 3.8) is 0 Å². The summed E-state index contributed by atoms with van der Waals surface area (Å²) in [6.45, 7) is 3.59. The number of halogens is 3. The van der Waals surface area contributed by atoms with Crippen LogP contribution in [0.1, 0.15) is 31.4 Å². The molecule has 0 bridgehead atoms. The van der Waals surface area contributed by atoms with Crippen molar-refractivity contribution < 1.29 is 22.7 Å². The first-order valence-electron chi connectivity index (χ1n) is 7.64. The molecule has 0 radical (unpaired) electrons. The van der Waals surface area contributed by atoms with Gasteiger partial charge in [0.25, 0.3) is 0 Å². The lowest BCUT2D eigenvalue weighted by atomic mass is 9.99. The molecule has 1 aliphatic heterocycles. The minimum absolute atomic E-state index is 0.178. The van der Waals surface area contributed by atoms with Gasteiger partial charge < -0.3 is 10.1 Å². The summed E-state index contributed by atoms with van der Waals surface area (Å²) in [5, 5.41) is 2.88. The maximum Gasteiger partial charge on any atom is 0.222 e. The molecule has 1 heterocycles. The summed E-state index contributed by atoms with van der Waals surface area (Å²) in [5.41, 5.74) is 0.331. The summed E-state index contributed by atoms with van der Waals surface area (Å²) >= 11 is 0. The van der Waals surface area contributed by atoms with Crippen molar-refractivity contribution in [2.45, 2.75) is 31.8 Å². The summed E-state index contributed by atoms with van der Waals surface area (Å²) < 4.78 is 45.1. The van der Waals surface area contributed by atoms with Crippen molar-refractivity contribution in [1.29, 1.82) is 0 Å². The number of benzene rings is 1. The zero-order chi connectivity index (χ0) is 17.0. The molecule has 2 rings (SSSR count). The van der Waals surface area contributed by atoms with Gasteiger partial charge in [0, 0.05) is 26.1 Å². The first-order valence-corrected chi connectivity index (χ1v) is 7.64. The Morgan fingerprint density at radius 2 is 2.00 bits per heavy atom. The molecule has 0 spiro atoms. The highest BCUT2D eigenvalue weighted by Gasteiger charge is 2.36. The zero-order valence-electron chi connectivity index (χ0n) is 13.2. The molecule has 0 aromatic heterocycles. The van der Waals surface area contributed by atoms with Gasteiger partial charge in [-0.15, -0.1) is 0 Å². The molecule has 1 aromatic carbocycles. The van der Waals surface area contributed by atoms with Gasteiger partial charge in [-0.05, 0) is 30.7 Å². The van der Waals surface area contributed by atoms with Crippen LogP contribution in [0.25, 0.3) is 0 Å². The number of ether oxygens (including phenoxy) is 1. The number of hydrogen-bond acceptors (Lipinski definition) is 3. The average Bonchev–Trinajstić information content (AvgIpc) is 2.92. The van der Waals surface area contributed by atoms with Gasteiger partial charge in [0.15, 0.2) is 17.5 Å². The molecule has 7 heteroatoms. The molecule has 2 unspecified atom stereocenters. The topological polar surface area (TPSA) is 41.6 Å². The second-order valence-electron chi connectivity index (χ2n) is 5.58. The smallest absolute Gasteiger partial charge is 0.222 e. The van der Waals surface area contributed by atoms with Crippen LogP contribution in [0, 0.1) is 17.5 Å². The van der Waals surface area contributed by atoms with Crippen LogP contribution in [0.3, 0.4) is 0 Å². The van der Waals surface area contributed by atoms with Gasteiger partial charge in [-0.3, -0.25) is 9.69 Å². The van der Waals surface area contributed by atoms with Gasteiger partial charge >= 0.3 is 0 Å². The normalized spacial score (nSPS) is 21.6. The highest BCUT2D eigenvalue weighted by molar-refractivity contribution is 5.76. The highest BCUT2D eigenvalue weighted by atomic mass is 19.2. The summed E-state index contributed by atoms with van der Waals surface area (Å²) in [4.78, 5) is 13.9. The number of amides is 1. The van der Waals surface area contributed by atoms with Crippen LogP contribution in [0.5, 0.6) is 0 Å². The maximum absolute atomic E-state index is 13.5. The second kappa shape index (κ2) is 7.79. The average molecular weight is 330 g/mol. The molecule has 2 atom stereocenters. The van der Waals surface area contributed by atoms with Crippen LogP contribution in [-0.2, 0) is 9.53 Å². The van der Waals surface area contributed by atoms with Gasteiger partial charge in [-0.1, -0.05) is 6.92 Å². The number of likely N-dealkylation sites (N-methyl/N-ethyl adjacent to an activating group) is 1. The third-order valence-corrected chi connectivity index (χ3v) is 4.14. The van der Waals surface area contributed by atoms with Crippen LogP contribution >= 0.6 is 0 Å². The van der Waals surface area contributed by atoms with E-state index in [1.165, 1.54) is 7.11 Å². The minimum atomic E-state index is -1.48. The van der Waals surface area contributed by atoms with Crippen LogP contribution in [-0.4, -0.2) is 43.7 Å². The quantitative estimate of drug-likeness (QED) is 0.815. The molecule has 1 fully saturated rings. The summed E-state index contributed by atoms with van der Waals surface area (Å²) in [7, 11) is 1.51. The van der Waals surface area contributed by atoms with E-state index in [1.807, 2.05) is 11.8 Å². The van der Waals surface area contributed by atoms with Gasteiger partial charge in [0.05, 0.1) is 12.6 Å².